The first-order chi connectivity index (χ1) is 12.0. The van der Waals surface area contributed by atoms with Crippen molar-refractivity contribution in [2.75, 3.05) is 6.54 Å². The fourth-order valence-electron chi connectivity index (χ4n) is 1.91. The van der Waals surface area contributed by atoms with Crippen molar-refractivity contribution in [1.29, 1.82) is 0 Å². The van der Waals surface area contributed by atoms with Gasteiger partial charge < -0.3 is 10.1 Å². The number of hydrogen-bond acceptors (Lipinski definition) is 6. The van der Waals surface area contributed by atoms with E-state index in [9.17, 15) is 14.4 Å². The molecule has 1 amide bonds. The van der Waals surface area contributed by atoms with Crippen LogP contribution in [0.4, 0.5) is 0 Å². The van der Waals surface area contributed by atoms with Crippen molar-refractivity contribution in [3.8, 4) is 0 Å². The normalized spacial score (nSPS) is 10.3. The number of esters is 1. The van der Waals surface area contributed by atoms with Gasteiger partial charge in [0.1, 0.15) is 11.8 Å². The average Bonchev–Trinajstić information content (AvgIpc) is 3.14. The van der Waals surface area contributed by atoms with Crippen molar-refractivity contribution >= 4 is 40.6 Å². The molecule has 2 aromatic heterocycles. The second kappa shape index (κ2) is 9.90. The Labute approximate surface area is 154 Å². The molecule has 0 aliphatic carbocycles. The number of rotatable bonds is 9. The van der Waals surface area contributed by atoms with E-state index < -0.39 is 5.97 Å². The molecule has 0 spiro atoms. The lowest BCUT2D eigenvalue weighted by atomic mass is 10.2. The quantitative estimate of drug-likeness (QED) is 0.410. The molecular formula is C17H17ClN2O4S. The molecule has 2 heterocycles. The van der Waals surface area contributed by atoms with Gasteiger partial charge >= 0.3 is 5.97 Å². The number of amides is 1. The van der Waals surface area contributed by atoms with Gasteiger partial charge in [-0.2, -0.15) is 0 Å². The van der Waals surface area contributed by atoms with E-state index >= 15 is 0 Å². The molecular weight excluding hydrogens is 364 g/mol. The van der Waals surface area contributed by atoms with E-state index in [0.717, 1.165) is 5.56 Å². The number of Topliss-reactive ketones (excluding diaryl/α,β-unsaturated/α-hetero) is 1. The lowest BCUT2D eigenvalue weighted by Crippen LogP contribution is -2.26. The number of nitrogens with zero attached hydrogens (tertiary/aromatic N) is 1. The van der Waals surface area contributed by atoms with Gasteiger partial charge in [-0.15, -0.1) is 11.3 Å². The summed E-state index contributed by atoms with van der Waals surface area (Å²) in [6, 6.07) is 6.86. The molecule has 25 heavy (non-hydrogen) atoms. The van der Waals surface area contributed by atoms with Crippen LogP contribution in [0.3, 0.4) is 0 Å². The number of carbonyl (C=O) groups excluding carboxylic acids is 3. The summed E-state index contributed by atoms with van der Waals surface area (Å²) in [4.78, 5) is 39.6. The molecule has 2 rings (SSSR count). The minimum absolute atomic E-state index is 0.0545. The summed E-state index contributed by atoms with van der Waals surface area (Å²) in [6.45, 7) is 0.274. The van der Waals surface area contributed by atoms with Crippen molar-refractivity contribution in [3.63, 3.8) is 0 Å². The summed E-state index contributed by atoms with van der Waals surface area (Å²) in [5.74, 6) is -0.745. The van der Waals surface area contributed by atoms with Gasteiger partial charge in [-0.1, -0.05) is 23.7 Å². The molecule has 6 nitrogen and oxygen atoms in total. The molecule has 0 saturated heterocycles. The van der Waals surface area contributed by atoms with Gasteiger partial charge in [-0.3, -0.25) is 14.4 Å². The Morgan fingerprint density at radius 3 is 2.68 bits per heavy atom. The molecule has 0 saturated carbocycles. The fourth-order valence-corrected chi connectivity index (χ4v) is 2.71. The lowest BCUT2D eigenvalue weighted by molar-refractivity contribution is -0.144. The number of thiophene rings is 1. The van der Waals surface area contributed by atoms with Gasteiger partial charge in [0.05, 0.1) is 11.3 Å². The van der Waals surface area contributed by atoms with E-state index in [1.54, 1.807) is 24.3 Å². The van der Waals surface area contributed by atoms with Crippen molar-refractivity contribution in [3.05, 3.63) is 51.4 Å². The number of ether oxygens (including phenoxy) is 1. The smallest absolute Gasteiger partial charge is 0.307 e. The third-order valence-corrected chi connectivity index (χ3v) is 4.35. The molecule has 0 aliphatic rings. The van der Waals surface area contributed by atoms with Gasteiger partial charge in [-0.05, 0) is 17.5 Å². The number of aromatic nitrogens is 1. The molecule has 0 radical (unpaired) electrons. The zero-order valence-corrected chi connectivity index (χ0v) is 14.9. The number of nitrogens with one attached hydrogen (secondary N) is 1. The second-order valence-corrected chi connectivity index (χ2v) is 6.49. The van der Waals surface area contributed by atoms with Gasteiger partial charge in [0.2, 0.25) is 5.91 Å². The highest BCUT2D eigenvalue weighted by atomic mass is 35.5. The maximum atomic E-state index is 11.8. The third kappa shape index (κ3) is 7.03. The third-order valence-electron chi connectivity index (χ3n) is 3.21. The molecule has 0 atom stereocenters. The summed E-state index contributed by atoms with van der Waals surface area (Å²) >= 11 is 7.02. The highest BCUT2D eigenvalue weighted by Gasteiger charge is 2.10. The van der Waals surface area contributed by atoms with Crippen LogP contribution in [0.15, 0.2) is 35.8 Å². The van der Waals surface area contributed by atoms with Crippen LogP contribution in [0.2, 0.25) is 5.15 Å². The predicted octanol–water partition coefficient (Wildman–Crippen LogP) is 3.01. The Morgan fingerprint density at radius 2 is 2.00 bits per heavy atom. The summed E-state index contributed by atoms with van der Waals surface area (Å²) in [7, 11) is 0. The van der Waals surface area contributed by atoms with E-state index in [1.165, 1.54) is 17.5 Å². The lowest BCUT2D eigenvalue weighted by Gasteiger charge is -2.06. The SMILES string of the molecule is O=C(CCC(=O)c1cccs1)NCCC(=O)OCc1ccc(Cl)nc1. The molecule has 0 fully saturated rings. The van der Waals surface area contributed by atoms with Crippen LogP contribution in [0, 0.1) is 0 Å². The van der Waals surface area contributed by atoms with Gasteiger partial charge in [0.15, 0.2) is 5.78 Å². The molecule has 0 aliphatic heterocycles. The summed E-state index contributed by atoms with van der Waals surface area (Å²) in [5, 5.41) is 4.79. The van der Waals surface area contributed by atoms with Gasteiger partial charge in [0, 0.05) is 31.1 Å². The monoisotopic (exact) mass is 380 g/mol. The fraction of sp³-hybridized carbons (Fsp3) is 0.294. The van der Waals surface area contributed by atoms with E-state index in [1.807, 2.05) is 5.38 Å². The van der Waals surface area contributed by atoms with Gasteiger partial charge in [0.25, 0.3) is 0 Å². The Bertz CT molecular complexity index is 717. The first-order valence-corrected chi connectivity index (χ1v) is 8.90. The maximum absolute atomic E-state index is 11.8. The van der Waals surface area contributed by atoms with Gasteiger partial charge in [-0.25, -0.2) is 4.98 Å². The molecule has 8 heteroatoms. The first-order valence-electron chi connectivity index (χ1n) is 7.64. The van der Waals surface area contributed by atoms with Crippen LogP contribution in [-0.2, 0) is 20.9 Å². The molecule has 2 aromatic rings. The van der Waals surface area contributed by atoms with E-state index in [-0.39, 0.29) is 44.1 Å². The topological polar surface area (TPSA) is 85.4 Å². The number of hydrogen-bond donors (Lipinski definition) is 1. The predicted molar refractivity (Wildman–Crippen MR) is 94.6 cm³/mol. The first kappa shape index (κ1) is 19.1. The average molecular weight is 381 g/mol. The minimum Gasteiger partial charge on any atom is -0.461 e. The summed E-state index contributed by atoms with van der Waals surface area (Å²) in [6.07, 6.45) is 1.84. The Balaban J connectivity index is 1.58. The van der Waals surface area contributed by atoms with Crippen LogP contribution >= 0.6 is 22.9 Å². The van der Waals surface area contributed by atoms with E-state index in [2.05, 4.69) is 10.3 Å². The Morgan fingerprint density at radius 1 is 1.16 bits per heavy atom. The largest absolute Gasteiger partial charge is 0.461 e. The zero-order valence-electron chi connectivity index (χ0n) is 13.4. The standard InChI is InChI=1S/C17H17ClN2O4S/c18-15-5-3-12(10-20-15)11-24-17(23)7-8-19-16(22)6-4-13(21)14-2-1-9-25-14/h1-3,5,9-10H,4,6-8,11H2,(H,19,22). The summed E-state index contributed by atoms with van der Waals surface area (Å²) in [5.41, 5.74) is 0.730. The Kier molecular flexibility index (Phi) is 7.56. The molecule has 132 valence electrons. The van der Waals surface area contributed by atoms with Crippen LogP contribution in [0.5, 0.6) is 0 Å². The minimum atomic E-state index is -0.426. The van der Waals surface area contributed by atoms with E-state index in [4.69, 9.17) is 16.3 Å². The number of ketones is 1. The van der Waals surface area contributed by atoms with Crippen molar-refractivity contribution in [2.45, 2.75) is 25.9 Å². The molecule has 0 unspecified atom stereocenters. The molecule has 0 bridgehead atoms. The Hall–Kier alpha value is -2.25. The van der Waals surface area contributed by atoms with Crippen LogP contribution in [0.25, 0.3) is 0 Å². The number of pyridine rings is 1. The van der Waals surface area contributed by atoms with Crippen LogP contribution in [-0.4, -0.2) is 29.2 Å². The second-order valence-electron chi connectivity index (χ2n) is 5.15. The van der Waals surface area contributed by atoms with Crippen molar-refractivity contribution in [2.24, 2.45) is 0 Å². The molecule has 0 aromatic carbocycles. The van der Waals surface area contributed by atoms with Crippen molar-refractivity contribution in [1.82, 2.24) is 10.3 Å². The van der Waals surface area contributed by atoms with Crippen molar-refractivity contribution < 1.29 is 19.1 Å². The molecule has 1 N–H and O–H groups in total. The van der Waals surface area contributed by atoms with Crippen LogP contribution in [0.1, 0.15) is 34.5 Å². The highest BCUT2D eigenvalue weighted by molar-refractivity contribution is 7.12. The van der Waals surface area contributed by atoms with E-state index in [0.29, 0.717) is 10.0 Å². The number of carbonyl (C=O) groups is 3. The van der Waals surface area contributed by atoms with Crippen LogP contribution < -0.4 is 5.32 Å². The zero-order chi connectivity index (χ0) is 18.1. The number of halogens is 1. The highest BCUT2D eigenvalue weighted by Crippen LogP contribution is 2.12. The maximum Gasteiger partial charge on any atom is 0.307 e. The summed E-state index contributed by atoms with van der Waals surface area (Å²) < 4.78 is 5.07.